The monoisotopic (exact) mass is 485 g/mol. The van der Waals surface area contributed by atoms with Crippen LogP contribution in [0.2, 0.25) is 0 Å². The number of rotatable bonds is 8. The number of carbonyl (C=O) groups excluding carboxylic acids is 2. The Hall–Kier alpha value is -3.67. The van der Waals surface area contributed by atoms with Gasteiger partial charge < -0.3 is 14.5 Å². The van der Waals surface area contributed by atoms with Crippen LogP contribution in [-0.4, -0.2) is 46.9 Å². The molecule has 2 aromatic carbocycles. The average molecular weight is 486 g/mol. The number of aryl methyl sites for hydroxylation is 1. The second-order valence-electron chi connectivity index (χ2n) is 9.70. The third-order valence-electron chi connectivity index (χ3n) is 7.28. The van der Waals surface area contributed by atoms with Crippen LogP contribution in [0, 0.1) is 6.92 Å². The summed E-state index contributed by atoms with van der Waals surface area (Å²) in [5.41, 5.74) is 4.62. The predicted octanol–water partition coefficient (Wildman–Crippen LogP) is 6.11. The molecule has 1 saturated heterocycles. The number of cyclic esters (lactones) is 1. The van der Waals surface area contributed by atoms with Gasteiger partial charge in [0.25, 0.3) is 0 Å². The molecule has 6 nitrogen and oxygen atoms in total. The van der Waals surface area contributed by atoms with E-state index in [1.165, 1.54) is 0 Å². The fourth-order valence-corrected chi connectivity index (χ4v) is 4.90. The highest BCUT2D eigenvalue weighted by molar-refractivity contribution is 5.73. The van der Waals surface area contributed by atoms with E-state index < -0.39 is 5.60 Å². The Bertz CT molecular complexity index is 1200. The van der Waals surface area contributed by atoms with Gasteiger partial charge in [0.1, 0.15) is 5.60 Å². The molecular formula is C30H35N3O3. The number of carbonyl (C=O) groups is 2. The molecule has 0 saturated carbocycles. The molecule has 0 bridgehead atoms. The molecule has 36 heavy (non-hydrogen) atoms. The third kappa shape index (κ3) is 5.59. The van der Waals surface area contributed by atoms with Crippen LogP contribution >= 0.6 is 0 Å². The number of ether oxygens (including phenoxy) is 1. The summed E-state index contributed by atoms with van der Waals surface area (Å²) in [7, 11) is 1.80. The zero-order valence-electron chi connectivity index (χ0n) is 21.6. The van der Waals surface area contributed by atoms with Crippen LogP contribution in [-0.2, 0) is 15.1 Å². The van der Waals surface area contributed by atoms with Crippen molar-refractivity contribution in [2.75, 3.05) is 20.1 Å². The van der Waals surface area contributed by atoms with Crippen LogP contribution in [0.4, 0.5) is 4.79 Å². The van der Waals surface area contributed by atoms with Gasteiger partial charge in [0.15, 0.2) is 0 Å². The summed E-state index contributed by atoms with van der Waals surface area (Å²) in [6.07, 6.45) is 3.64. The quantitative estimate of drug-likeness (QED) is 0.386. The van der Waals surface area contributed by atoms with Gasteiger partial charge in [-0.05, 0) is 61.1 Å². The summed E-state index contributed by atoms with van der Waals surface area (Å²) < 4.78 is 6.24. The van der Waals surface area contributed by atoms with E-state index in [0.717, 1.165) is 34.4 Å². The van der Waals surface area contributed by atoms with E-state index in [1.54, 1.807) is 18.9 Å². The maximum Gasteiger partial charge on any atom is 0.411 e. The second-order valence-corrected chi connectivity index (χ2v) is 9.70. The van der Waals surface area contributed by atoms with Gasteiger partial charge in [-0.25, -0.2) is 4.79 Å². The van der Waals surface area contributed by atoms with Gasteiger partial charge in [-0.3, -0.25) is 9.78 Å². The lowest BCUT2D eigenvalue weighted by atomic mass is 9.84. The molecule has 0 aliphatic carbocycles. The number of hydrogen-bond donors (Lipinski definition) is 0. The molecule has 0 N–H and O–H groups in total. The highest BCUT2D eigenvalue weighted by Crippen LogP contribution is 2.40. The van der Waals surface area contributed by atoms with Crippen LogP contribution in [0.1, 0.15) is 56.0 Å². The van der Waals surface area contributed by atoms with E-state index in [2.05, 4.69) is 35.3 Å². The lowest BCUT2D eigenvalue weighted by Gasteiger charge is -2.44. The van der Waals surface area contributed by atoms with Crippen molar-refractivity contribution in [3.05, 3.63) is 89.7 Å². The van der Waals surface area contributed by atoms with Crippen LogP contribution in [0.3, 0.4) is 0 Å². The van der Waals surface area contributed by atoms with Crippen molar-refractivity contribution in [3.8, 4) is 11.1 Å². The number of hydrogen-bond acceptors (Lipinski definition) is 4. The van der Waals surface area contributed by atoms with Gasteiger partial charge in [0, 0.05) is 45.4 Å². The van der Waals surface area contributed by atoms with Crippen LogP contribution < -0.4 is 0 Å². The van der Waals surface area contributed by atoms with E-state index in [-0.39, 0.29) is 18.0 Å². The van der Waals surface area contributed by atoms with Crippen LogP contribution in [0.25, 0.3) is 11.1 Å². The van der Waals surface area contributed by atoms with Crippen molar-refractivity contribution in [2.45, 2.75) is 51.7 Å². The Morgan fingerprint density at radius 2 is 1.83 bits per heavy atom. The molecule has 188 valence electrons. The molecule has 4 rings (SSSR count). The smallest absolute Gasteiger partial charge is 0.411 e. The fraction of sp³-hybridized carbons (Fsp3) is 0.367. The van der Waals surface area contributed by atoms with Gasteiger partial charge in [-0.15, -0.1) is 0 Å². The Morgan fingerprint density at radius 1 is 1.11 bits per heavy atom. The van der Waals surface area contributed by atoms with E-state index in [9.17, 15) is 9.59 Å². The first-order valence-electron chi connectivity index (χ1n) is 12.6. The summed E-state index contributed by atoms with van der Waals surface area (Å²) in [4.78, 5) is 32.8. The van der Waals surface area contributed by atoms with Gasteiger partial charge in [0.2, 0.25) is 5.91 Å². The maximum atomic E-state index is 13.4. The van der Waals surface area contributed by atoms with E-state index >= 15 is 0 Å². The van der Waals surface area contributed by atoms with Gasteiger partial charge in [-0.1, -0.05) is 54.6 Å². The summed E-state index contributed by atoms with van der Waals surface area (Å²) >= 11 is 0. The lowest BCUT2D eigenvalue weighted by Crippen LogP contribution is -2.49. The molecule has 2 heterocycles. The van der Waals surface area contributed by atoms with Gasteiger partial charge >= 0.3 is 6.09 Å². The van der Waals surface area contributed by atoms with Crippen molar-refractivity contribution < 1.29 is 14.3 Å². The molecule has 3 aromatic rings. The highest BCUT2D eigenvalue weighted by Gasteiger charge is 2.43. The summed E-state index contributed by atoms with van der Waals surface area (Å²) in [5, 5.41) is 0. The standard InChI is InChI=1S/C30H35N3O3/c1-22-21-27(15-18-31-22)26-13-11-25(12-14-26)23(2)33-20-17-30(36-29(33)35,28-9-6-5-7-10-28)16-8-19-32(4)24(3)34/h5-7,9-15,18,21,23H,8,16-17,19-20H2,1-4H3/t23-,30-/m0/s1. The highest BCUT2D eigenvalue weighted by atomic mass is 16.6. The molecule has 1 aliphatic rings. The second kappa shape index (κ2) is 10.9. The Kier molecular flexibility index (Phi) is 7.73. The summed E-state index contributed by atoms with van der Waals surface area (Å²) in [6, 6.07) is 22.3. The van der Waals surface area contributed by atoms with Crippen molar-refractivity contribution in [1.82, 2.24) is 14.8 Å². The minimum Gasteiger partial charge on any atom is -0.438 e. The van der Waals surface area contributed by atoms with Crippen molar-refractivity contribution >= 4 is 12.0 Å². The van der Waals surface area contributed by atoms with Gasteiger partial charge in [-0.2, -0.15) is 0 Å². The first kappa shape index (κ1) is 25.4. The normalized spacial score (nSPS) is 18.4. The predicted molar refractivity (Wildman–Crippen MR) is 141 cm³/mol. The minimum atomic E-state index is -0.685. The van der Waals surface area contributed by atoms with Crippen LogP contribution in [0.5, 0.6) is 0 Å². The first-order valence-corrected chi connectivity index (χ1v) is 12.6. The largest absolute Gasteiger partial charge is 0.438 e. The summed E-state index contributed by atoms with van der Waals surface area (Å²) in [6.45, 7) is 6.83. The fourth-order valence-electron chi connectivity index (χ4n) is 4.90. The van der Waals surface area contributed by atoms with E-state index in [4.69, 9.17) is 4.74 Å². The Balaban J connectivity index is 1.48. The SMILES string of the molecule is CC(=O)N(C)CCC[C@@]1(c2ccccc2)CCN([C@@H](C)c2ccc(-c3ccnc(C)c3)cc2)C(=O)O1. The Morgan fingerprint density at radius 3 is 2.47 bits per heavy atom. The molecule has 6 heteroatoms. The van der Waals surface area contributed by atoms with Gasteiger partial charge in [0.05, 0.1) is 6.04 Å². The molecule has 1 aliphatic heterocycles. The zero-order valence-corrected chi connectivity index (χ0v) is 21.6. The number of benzene rings is 2. The molecular weight excluding hydrogens is 450 g/mol. The molecule has 0 spiro atoms. The average Bonchev–Trinajstić information content (AvgIpc) is 2.89. The van der Waals surface area contributed by atoms with E-state index in [0.29, 0.717) is 25.9 Å². The van der Waals surface area contributed by atoms with Crippen molar-refractivity contribution in [1.29, 1.82) is 0 Å². The summed E-state index contributed by atoms with van der Waals surface area (Å²) in [5.74, 6) is 0.0366. The first-order chi connectivity index (χ1) is 17.3. The number of nitrogens with zero attached hydrogens (tertiary/aromatic N) is 3. The lowest BCUT2D eigenvalue weighted by molar-refractivity contribution is -0.128. The van der Waals surface area contributed by atoms with Crippen LogP contribution in [0.15, 0.2) is 72.9 Å². The molecule has 1 fully saturated rings. The minimum absolute atomic E-state index is 0.0366. The molecule has 0 radical (unpaired) electrons. The third-order valence-corrected chi connectivity index (χ3v) is 7.28. The number of pyridine rings is 1. The molecule has 2 atom stereocenters. The molecule has 0 unspecified atom stereocenters. The number of amides is 2. The molecule has 1 aromatic heterocycles. The molecule has 2 amide bonds. The van der Waals surface area contributed by atoms with Crippen molar-refractivity contribution in [3.63, 3.8) is 0 Å². The van der Waals surface area contributed by atoms with E-state index in [1.807, 2.05) is 61.3 Å². The topological polar surface area (TPSA) is 62.7 Å². The maximum absolute atomic E-state index is 13.4. The number of aromatic nitrogens is 1. The van der Waals surface area contributed by atoms with Crippen molar-refractivity contribution in [2.24, 2.45) is 0 Å². The zero-order chi connectivity index (χ0) is 25.7. The Labute approximate surface area is 213 Å².